The standard InChI is InChI=1S/C15H27N3O2/c1-6-20-14(19)15(5,17-12(2)3)9-7-11-18-13(4)8-10-16-18/h8,10,12,17H,6-7,9,11H2,1-5H3. The maximum absolute atomic E-state index is 12.2. The van der Waals surface area contributed by atoms with E-state index in [1.54, 1.807) is 6.20 Å². The van der Waals surface area contributed by atoms with Crippen molar-refractivity contribution in [2.24, 2.45) is 0 Å². The number of ether oxygens (including phenoxy) is 1. The number of aromatic nitrogens is 2. The van der Waals surface area contributed by atoms with E-state index in [0.717, 1.165) is 25.1 Å². The third kappa shape index (κ3) is 4.63. The Morgan fingerprint density at radius 3 is 2.75 bits per heavy atom. The second-order valence-electron chi connectivity index (χ2n) is 5.65. The van der Waals surface area contributed by atoms with Crippen molar-refractivity contribution in [2.75, 3.05) is 6.61 Å². The van der Waals surface area contributed by atoms with Crippen LogP contribution in [0.3, 0.4) is 0 Å². The van der Waals surface area contributed by atoms with Crippen molar-refractivity contribution >= 4 is 5.97 Å². The highest BCUT2D eigenvalue weighted by molar-refractivity contribution is 5.80. The zero-order chi connectivity index (χ0) is 15.2. The Morgan fingerprint density at radius 1 is 1.55 bits per heavy atom. The summed E-state index contributed by atoms with van der Waals surface area (Å²) < 4.78 is 7.15. The van der Waals surface area contributed by atoms with Crippen molar-refractivity contribution in [3.05, 3.63) is 18.0 Å². The van der Waals surface area contributed by atoms with Gasteiger partial charge < -0.3 is 4.74 Å². The highest BCUT2D eigenvalue weighted by atomic mass is 16.5. The topological polar surface area (TPSA) is 56.2 Å². The van der Waals surface area contributed by atoms with Crippen molar-refractivity contribution in [1.82, 2.24) is 15.1 Å². The zero-order valence-electron chi connectivity index (χ0n) is 13.3. The molecule has 1 atom stereocenters. The van der Waals surface area contributed by atoms with E-state index in [0.29, 0.717) is 6.61 Å². The molecule has 0 aliphatic carbocycles. The molecular formula is C15H27N3O2. The van der Waals surface area contributed by atoms with E-state index >= 15 is 0 Å². The van der Waals surface area contributed by atoms with Crippen LogP contribution in [0, 0.1) is 6.92 Å². The Balaban J connectivity index is 2.60. The van der Waals surface area contributed by atoms with Gasteiger partial charge in [-0.25, -0.2) is 0 Å². The third-order valence-electron chi connectivity index (χ3n) is 3.31. The van der Waals surface area contributed by atoms with Crippen LogP contribution in [0.1, 0.15) is 46.2 Å². The molecule has 0 spiro atoms. The lowest BCUT2D eigenvalue weighted by Gasteiger charge is -2.30. The summed E-state index contributed by atoms with van der Waals surface area (Å²) in [6.45, 7) is 11.1. The number of nitrogens with one attached hydrogen (secondary N) is 1. The Hall–Kier alpha value is -1.36. The number of hydrogen-bond acceptors (Lipinski definition) is 4. The zero-order valence-corrected chi connectivity index (χ0v) is 13.3. The van der Waals surface area contributed by atoms with Crippen LogP contribution in [0.2, 0.25) is 0 Å². The predicted molar refractivity (Wildman–Crippen MR) is 79.5 cm³/mol. The number of esters is 1. The SMILES string of the molecule is CCOC(=O)C(C)(CCCn1nccc1C)NC(C)C. The van der Waals surface area contributed by atoms with Crippen LogP contribution < -0.4 is 5.32 Å². The number of carbonyl (C=O) groups excluding carboxylic acids is 1. The fourth-order valence-electron chi connectivity index (χ4n) is 2.38. The molecule has 1 aromatic heterocycles. The molecule has 1 unspecified atom stereocenters. The Kier molecular flexibility index (Phi) is 6.20. The molecule has 1 N–H and O–H groups in total. The minimum atomic E-state index is -0.634. The summed E-state index contributed by atoms with van der Waals surface area (Å²) in [6.07, 6.45) is 3.40. The first-order valence-corrected chi connectivity index (χ1v) is 7.32. The minimum Gasteiger partial charge on any atom is -0.465 e. The lowest BCUT2D eigenvalue weighted by Crippen LogP contribution is -2.53. The van der Waals surface area contributed by atoms with Crippen molar-refractivity contribution in [2.45, 2.75) is 65.6 Å². The summed E-state index contributed by atoms with van der Waals surface area (Å²) in [6, 6.07) is 2.22. The van der Waals surface area contributed by atoms with E-state index in [9.17, 15) is 4.79 Å². The molecule has 1 heterocycles. The van der Waals surface area contributed by atoms with Crippen LogP contribution in [0.15, 0.2) is 12.3 Å². The molecule has 0 radical (unpaired) electrons. The molecule has 0 amide bonds. The van der Waals surface area contributed by atoms with Gasteiger partial charge in [0.1, 0.15) is 5.54 Å². The van der Waals surface area contributed by atoms with Gasteiger partial charge in [-0.1, -0.05) is 0 Å². The van der Waals surface area contributed by atoms with Crippen LogP contribution in [-0.2, 0) is 16.1 Å². The largest absolute Gasteiger partial charge is 0.465 e. The summed E-state index contributed by atoms with van der Waals surface area (Å²) >= 11 is 0. The molecule has 1 aromatic rings. The molecule has 0 aromatic carbocycles. The summed E-state index contributed by atoms with van der Waals surface area (Å²) in [5.74, 6) is -0.175. The van der Waals surface area contributed by atoms with Crippen LogP contribution in [0.5, 0.6) is 0 Å². The first kappa shape index (κ1) is 16.7. The molecule has 0 bridgehead atoms. The van der Waals surface area contributed by atoms with Crippen LogP contribution in [0.4, 0.5) is 0 Å². The average molecular weight is 281 g/mol. The maximum Gasteiger partial charge on any atom is 0.326 e. The van der Waals surface area contributed by atoms with Gasteiger partial charge in [0.25, 0.3) is 0 Å². The Labute approximate surface area is 121 Å². The molecule has 1 rings (SSSR count). The Bertz CT molecular complexity index is 429. The molecule has 0 saturated heterocycles. The summed E-state index contributed by atoms with van der Waals surface area (Å²) in [4.78, 5) is 12.2. The summed E-state index contributed by atoms with van der Waals surface area (Å²) in [7, 11) is 0. The van der Waals surface area contributed by atoms with E-state index in [1.807, 2.05) is 45.4 Å². The van der Waals surface area contributed by atoms with Crippen LogP contribution in [-0.4, -0.2) is 33.9 Å². The number of hydrogen-bond donors (Lipinski definition) is 1. The summed E-state index contributed by atoms with van der Waals surface area (Å²) in [5, 5.41) is 7.59. The van der Waals surface area contributed by atoms with Gasteiger partial charge in [0, 0.05) is 24.5 Å². The number of rotatable bonds is 8. The van der Waals surface area contributed by atoms with Gasteiger partial charge >= 0.3 is 5.97 Å². The molecular weight excluding hydrogens is 254 g/mol. The minimum absolute atomic E-state index is 0.175. The smallest absolute Gasteiger partial charge is 0.326 e. The molecule has 0 aliphatic rings. The van der Waals surface area contributed by atoms with Crippen molar-refractivity contribution in [3.8, 4) is 0 Å². The monoisotopic (exact) mass is 281 g/mol. The van der Waals surface area contributed by atoms with Gasteiger partial charge in [-0.05, 0) is 53.5 Å². The fraction of sp³-hybridized carbons (Fsp3) is 0.733. The molecule has 114 valence electrons. The number of nitrogens with zero attached hydrogens (tertiary/aromatic N) is 2. The van der Waals surface area contributed by atoms with Gasteiger partial charge in [0.05, 0.1) is 6.61 Å². The van der Waals surface area contributed by atoms with Crippen molar-refractivity contribution in [3.63, 3.8) is 0 Å². The molecule has 0 saturated carbocycles. The number of carbonyl (C=O) groups is 1. The maximum atomic E-state index is 12.2. The van der Waals surface area contributed by atoms with Gasteiger partial charge in [-0.3, -0.25) is 14.8 Å². The van der Waals surface area contributed by atoms with Gasteiger partial charge in [0.15, 0.2) is 0 Å². The Morgan fingerprint density at radius 2 is 2.25 bits per heavy atom. The highest BCUT2D eigenvalue weighted by Crippen LogP contribution is 2.17. The van der Waals surface area contributed by atoms with Crippen molar-refractivity contribution in [1.29, 1.82) is 0 Å². The first-order valence-electron chi connectivity index (χ1n) is 7.32. The van der Waals surface area contributed by atoms with E-state index in [1.165, 1.54) is 0 Å². The third-order valence-corrected chi connectivity index (χ3v) is 3.31. The quantitative estimate of drug-likeness (QED) is 0.743. The van der Waals surface area contributed by atoms with Gasteiger partial charge in [-0.15, -0.1) is 0 Å². The van der Waals surface area contributed by atoms with E-state index in [-0.39, 0.29) is 12.0 Å². The highest BCUT2D eigenvalue weighted by Gasteiger charge is 2.34. The van der Waals surface area contributed by atoms with E-state index < -0.39 is 5.54 Å². The average Bonchev–Trinajstić information content (AvgIpc) is 2.74. The van der Waals surface area contributed by atoms with Crippen LogP contribution in [0.25, 0.3) is 0 Å². The molecule has 20 heavy (non-hydrogen) atoms. The summed E-state index contributed by atoms with van der Waals surface area (Å²) in [5.41, 5.74) is 0.505. The van der Waals surface area contributed by atoms with E-state index in [4.69, 9.17) is 4.74 Å². The van der Waals surface area contributed by atoms with E-state index in [2.05, 4.69) is 10.4 Å². The predicted octanol–water partition coefficient (Wildman–Crippen LogP) is 2.29. The lowest BCUT2D eigenvalue weighted by atomic mass is 9.94. The van der Waals surface area contributed by atoms with Crippen LogP contribution >= 0.6 is 0 Å². The first-order chi connectivity index (χ1) is 9.39. The molecule has 5 nitrogen and oxygen atoms in total. The van der Waals surface area contributed by atoms with Gasteiger partial charge in [0.2, 0.25) is 0 Å². The molecule has 0 aliphatic heterocycles. The molecule has 0 fully saturated rings. The normalized spacial score (nSPS) is 14.3. The van der Waals surface area contributed by atoms with Crippen molar-refractivity contribution < 1.29 is 9.53 Å². The second-order valence-corrected chi connectivity index (χ2v) is 5.65. The lowest BCUT2D eigenvalue weighted by molar-refractivity contribution is -0.151. The number of aryl methyl sites for hydroxylation is 2. The van der Waals surface area contributed by atoms with Gasteiger partial charge in [-0.2, -0.15) is 5.10 Å². The molecule has 5 heteroatoms. The second kappa shape index (κ2) is 7.43. The fourth-order valence-corrected chi connectivity index (χ4v) is 2.38.